The van der Waals surface area contributed by atoms with Crippen LogP contribution >= 0.6 is 0 Å². The van der Waals surface area contributed by atoms with Crippen LogP contribution in [0.15, 0.2) is 53.7 Å². The number of pyridine rings is 1. The standard InChI is InChI=1S/C31H34N6O/c1-21-17-37(28-10-7-22(16-32)30-24(28)4-3-13-34-30)18-29(38-21)26-9-8-23-25(35-26)5-2-6-27(23)36-15-12-31(20-36)11-14-33-19-31/h2-7,10,13,21,29,33H,8-9,11-12,14-15,17-20H2,1H3/t21-,29-,31?/m1/s1. The topological polar surface area (TPSA) is 76.8 Å². The van der Waals surface area contributed by atoms with Crippen molar-refractivity contribution in [3.8, 4) is 6.07 Å². The molecule has 1 spiro atoms. The molecule has 3 aromatic rings. The number of nitriles is 1. The molecule has 0 saturated carbocycles. The number of aliphatic imine (C=N–C) groups is 1. The maximum Gasteiger partial charge on any atom is 0.113 e. The minimum absolute atomic E-state index is 0.0578. The molecule has 0 amide bonds. The van der Waals surface area contributed by atoms with E-state index in [0.29, 0.717) is 11.0 Å². The fourth-order valence-electron chi connectivity index (χ4n) is 7.06. The zero-order valence-electron chi connectivity index (χ0n) is 22.0. The van der Waals surface area contributed by atoms with Crippen LogP contribution in [0.1, 0.15) is 37.3 Å². The van der Waals surface area contributed by atoms with Gasteiger partial charge >= 0.3 is 0 Å². The molecule has 7 heteroatoms. The Kier molecular flexibility index (Phi) is 5.83. The van der Waals surface area contributed by atoms with Gasteiger partial charge < -0.3 is 19.9 Å². The first-order chi connectivity index (χ1) is 18.6. The zero-order chi connectivity index (χ0) is 25.7. The molecule has 3 fully saturated rings. The van der Waals surface area contributed by atoms with Crippen LogP contribution in [0.5, 0.6) is 0 Å². The molecule has 7 rings (SSSR count). The largest absolute Gasteiger partial charge is 0.371 e. The molecule has 194 valence electrons. The quantitative estimate of drug-likeness (QED) is 0.559. The van der Waals surface area contributed by atoms with Crippen LogP contribution in [0, 0.1) is 16.7 Å². The smallest absolute Gasteiger partial charge is 0.113 e. The predicted molar refractivity (Wildman–Crippen MR) is 152 cm³/mol. The van der Waals surface area contributed by atoms with Crippen molar-refractivity contribution in [3.63, 3.8) is 0 Å². The van der Waals surface area contributed by atoms with E-state index in [0.717, 1.165) is 80.1 Å². The normalized spacial score (nSPS) is 27.0. The summed E-state index contributed by atoms with van der Waals surface area (Å²) in [6, 6.07) is 16.9. The average molecular weight is 507 g/mol. The van der Waals surface area contributed by atoms with Crippen LogP contribution in [-0.4, -0.2) is 62.2 Å². The average Bonchev–Trinajstić information content (AvgIpc) is 3.60. The lowest BCUT2D eigenvalue weighted by Crippen LogP contribution is -2.50. The summed E-state index contributed by atoms with van der Waals surface area (Å²) in [6.45, 7) is 8.28. The zero-order valence-corrected chi connectivity index (χ0v) is 22.0. The van der Waals surface area contributed by atoms with Gasteiger partial charge in [-0.3, -0.25) is 9.98 Å². The maximum atomic E-state index is 9.57. The van der Waals surface area contributed by atoms with Gasteiger partial charge in [-0.2, -0.15) is 5.26 Å². The van der Waals surface area contributed by atoms with Gasteiger partial charge in [-0.05, 0) is 75.5 Å². The van der Waals surface area contributed by atoms with Crippen LogP contribution in [0.2, 0.25) is 0 Å². The van der Waals surface area contributed by atoms with E-state index in [-0.39, 0.29) is 12.2 Å². The van der Waals surface area contributed by atoms with Crippen molar-refractivity contribution < 1.29 is 4.74 Å². The number of nitrogens with one attached hydrogen (secondary N) is 1. The van der Waals surface area contributed by atoms with Crippen LogP contribution in [0.4, 0.5) is 17.1 Å². The summed E-state index contributed by atoms with van der Waals surface area (Å²) in [6.07, 6.45) is 6.27. The van der Waals surface area contributed by atoms with Gasteiger partial charge in [0.05, 0.1) is 22.9 Å². The monoisotopic (exact) mass is 506 g/mol. The summed E-state index contributed by atoms with van der Waals surface area (Å²) in [4.78, 5) is 14.7. The Morgan fingerprint density at radius 3 is 2.87 bits per heavy atom. The van der Waals surface area contributed by atoms with Gasteiger partial charge in [-0.15, -0.1) is 0 Å². The van der Waals surface area contributed by atoms with Crippen LogP contribution < -0.4 is 15.1 Å². The molecule has 1 unspecified atom stereocenters. The summed E-state index contributed by atoms with van der Waals surface area (Å²) in [5.74, 6) is 0. The molecular weight excluding hydrogens is 472 g/mol. The first-order valence-electron chi connectivity index (χ1n) is 14.0. The molecule has 4 aliphatic heterocycles. The lowest BCUT2D eigenvalue weighted by Gasteiger charge is -2.40. The summed E-state index contributed by atoms with van der Waals surface area (Å²) < 4.78 is 6.49. The maximum absolute atomic E-state index is 9.57. The van der Waals surface area contributed by atoms with Gasteiger partial charge in [-0.1, -0.05) is 6.07 Å². The Hall–Kier alpha value is -3.47. The van der Waals surface area contributed by atoms with Gasteiger partial charge in [-0.25, -0.2) is 0 Å². The third-order valence-corrected chi connectivity index (χ3v) is 8.97. The number of fused-ring (bicyclic) bond motifs is 2. The minimum atomic E-state index is -0.0578. The molecule has 5 heterocycles. The molecule has 2 aromatic carbocycles. The number of anilines is 2. The van der Waals surface area contributed by atoms with Crippen LogP contribution in [-0.2, 0) is 11.2 Å². The second-order valence-electron chi connectivity index (χ2n) is 11.5. The fraction of sp³-hybridized carbons (Fsp3) is 0.452. The van der Waals surface area contributed by atoms with E-state index in [1.807, 2.05) is 12.1 Å². The van der Waals surface area contributed by atoms with E-state index in [1.54, 1.807) is 6.20 Å². The van der Waals surface area contributed by atoms with Crippen molar-refractivity contribution in [2.75, 3.05) is 49.1 Å². The third-order valence-electron chi connectivity index (χ3n) is 8.97. The molecule has 7 nitrogen and oxygen atoms in total. The van der Waals surface area contributed by atoms with Crippen molar-refractivity contribution in [2.24, 2.45) is 10.4 Å². The van der Waals surface area contributed by atoms with Crippen molar-refractivity contribution in [2.45, 2.75) is 44.8 Å². The van der Waals surface area contributed by atoms with Crippen LogP contribution in [0.3, 0.4) is 0 Å². The van der Waals surface area contributed by atoms with E-state index in [1.165, 1.54) is 24.1 Å². The molecule has 0 aliphatic carbocycles. The number of morpholine rings is 1. The third kappa shape index (κ3) is 4.03. The molecule has 4 aliphatic rings. The number of ether oxygens (including phenoxy) is 1. The second-order valence-corrected chi connectivity index (χ2v) is 11.5. The molecule has 3 saturated heterocycles. The van der Waals surface area contributed by atoms with E-state index < -0.39 is 0 Å². The first-order valence-corrected chi connectivity index (χ1v) is 14.0. The fourth-order valence-corrected chi connectivity index (χ4v) is 7.06. The van der Waals surface area contributed by atoms with Crippen molar-refractivity contribution >= 4 is 33.7 Å². The highest BCUT2D eigenvalue weighted by Gasteiger charge is 2.41. The first kappa shape index (κ1) is 23.6. The van der Waals surface area contributed by atoms with E-state index in [2.05, 4.69) is 63.4 Å². The lowest BCUT2D eigenvalue weighted by atomic mass is 9.86. The number of aromatic nitrogens is 1. The summed E-state index contributed by atoms with van der Waals surface area (Å²) >= 11 is 0. The van der Waals surface area contributed by atoms with Gasteiger partial charge in [0.2, 0.25) is 0 Å². The van der Waals surface area contributed by atoms with Crippen molar-refractivity contribution in [1.29, 1.82) is 5.26 Å². The number of rotatable bonds is 3. The molecule has 3 atom stereocenters. The number of nitrogens with zero attached hydrogens (tertiary/aromatic N) is 5. The second kappa shape index (κ2) is 9.37. The van der Waals surface area contributed by atoms with Gasteiger partial charge in [0, 0.05) is 72.4 Å². The number of benzene rings is 2. The Balaban J connectivity index is 1.16. The Bertz CT molecular complexity index is 1450. The van der Waals surface area contributed by atoms with Crippen LogP contribution in [0.25, 0.3) is 10.9 Å². The molecule has 0 bridgehead atoms. The van der Waals surface area contributed by atoms with E-state index in [4.69, 9.17) is 9.73 Å². The molecule has 1 N–H and O–H groups in total. The SMILES string of the molecule is C[C@@H]1CN(c2ccc(C#N)c3ncccc23)C[C@H](C2=Nc3cccc(N4CCC5(CCNC5)C4)c3CC2)O1. The highest BCUT2D eigenvalue weighted by Crippen LogP contribution is 2.42. The molecule has 1 aromatic heterocycles. The molecule has 38 heavy (non-hydrogen) atoms. The van der Waals surface area contributed by atoms with Crippen molar-refractivity contribution in [1.82, 2.24) is 10.3 Å². The lowest BCUT2D eigenvalue weighted by molar-refractivity contribution is 0.0196. The summed E-state index contributed by atoms with van der Waals surface area (Å²) in [7, 11) is 0. The molecular formula is C31H34N6O. The van der Waals surface area contributed by atoms with Gasteiger partial charge in [0.15, 0.2) is 0 Å². The Morgan fingerprint density at radius 1 is 1.05 bits per heavy atom. The van der Waals surface area contributed by atoms with Crippen molar-refractivity contribution in [3.05, 3.63) is 59.8 Å². The highest BCUT2D eigenvalue weighted by molar-refractivity contribution is 5.97. The molecule has 0 radical (unpaired) electrons. The highest BCUT2D eigenvalue weighted by atomic mass is 16.5. The van der Waals surface area contributed by atoms with E-state index in [9.17, 15) is 5.26 Å². The summed E-state index contributed by atoms with van der Waals surface area (Å²) in [5.41, 5.74) is 7.95. The Morgan fingerprint density at radius 2 is 2.00 bits per heavy atom. The number of hydrogen-bond acceptors (Lipinski definition) is 7. The number of hydrogen-bond donors (Lipinski definition) is 1. The van der Waals surface area contributed by atoms with Gasteiger partial charge in [0.1, 0.15) is 12.2 Å². The summed E-state index contributed by atoms with van der Waals surface area (Å²) in [5, 5.41) is 14.2. The van der Waals surface area contributed by atoms with Gasteiger partial charge in [0.25, 0.3) is 0 Å². The Labute approximate surface area is 224 Å². The predicted octanol–water partition coefficient (Wildman–Crippen LogP) is 4.61. The van der Waals surface area contributed by atoms with E-state index >= 15 is 0 Å². The minimum Gasteiger partial charge on any atom is -0.371 e.